The molecule has 0 aliphatic carbocycles. The molecule has 29 heavy (non-hydrogen) atoms. The summed E-state index contributed by atoms with van der Waals surface area (Å²) in [5.74, 6) is -0.00406. The normalized spacial score (nSPS) is 12.7. The first-order valence-electron chi connectivity index (χ1n) is 8.83. The molecule has 152 valence electrons. The predicted octanol–water partition coefficient (Wildman–Crippen LogP) is 3.01. The summed E-state index contributed by atoms with van der Waals surface area (Å²) in [6, 6.07) is 6.64. The van der Waals surface area contributed by atoms with Crippen LogP contribution in [0.3, 0.4) is 0 Å². The summed E-state index contributed by atoms with van der Waals surface area (Å²) < 4.78 is 11.0. The summed E-state index contributed by atoms with van der Waals surface area (Å²) in [6.07, 6.45) is 1.71. The van der Waals surface area contributed by atoms with Gasteiger partial charge in [-0.05, 0) is 45.0 Å². The molecule has 0 aliphatic rings. The highest BCUT2D eigenvalue weighted by atomic mass is 35.5. The number of amides is 1. The van der Waals surface area contributed by atoms with Gasteiger partial charge in [0.1, 0.15) is 11.5 Å². The van der Waals surface area contributed by atoms with Crippen LogP contribution in [0.25, 0.3) is 11.4 Å². The molecule has 3 heterocycles. The fourth-order valence-corrected chi connectivity index (χ4v) is 2.81. The van der Waals surface area contributed by atoms with Crippen molar-refractivity contribution in [2.75, 3.05) is 0 Å². The molecule has 0 aliphatic heterocycles. The summed E-state index contributed by atoms with van der Waals surface area (Å²) in [5, 5.41) is 15.2. The van der Waals surface area contributed by atoms with E-state index < -0.39 is 17.6 Å². The van der Waals surface area contributed by atoms with Crippen molar-refractivity contribution in [1.29, 1.82) is 0 Å². The Morgan fingerprint density at radius 2 is 2.03 bits per heavy atom. The topological polar surface area (TPSA) is 124 Å². The van der Waals surface area contributed by atoms with Crippen molar-refractivity contribution < 1.29 is 19.2 Å². The van der Waals surface area contributed by atoms with Crippen LogP contribution in [-0.2, 0) is 16.8 Å². The highest BCUT2D eigenvalue weighted by Gasteiger charge is 2.33. The van der Waals surface area contributed by atoms with Gasteiger partial charge in [-0.15, -0.1) is 0 Å². The van der Waals surface area contributed by atoms with Gasteiger partial charge in [0.05, 0.1) is 34.0 Å². The lowest BCUT2D eigenvalue weighted by atomic mass is 9.87. The SMILES string of the molecule is Cc1onc(-c2ccc(Cl)cn2)c1COC(O)C(C)(C)c1ccc(C(N)=O)cn1. The van der Waals surface area contributed by atoms with E-state index in [2.05, 4.69) is 15.1 Å². The summed E-state index contributed by atoms with van der Waals surface area (Å²) in [5.41, 5.74) is 7.02. The van der Waals surface area contributed by atoms with Crippen LogP contribution in [0.15, 0.2) is 41.2 Å². The summed E-state index contributed by atoms with van der Waals surface area (Å²) >= 11 is 5.89. The lowest BCUT2D eigenvalue weighted by molar-refractivity contribution is -0.147. The number of aryl methyl sites for hydroxylation is 1. The van der Waals surface area contributed by atoms with E-state index in [1.807, 2.05) is 0 Å². The van der Waals surface area contributed by atoms with E-state index in [4.69, 9.17) is 26.6 Å². The molecule has 1 amide bonds. The van der Waals surface area contributed by atoms with Crippen LogP contribution < -0.4 is 5.73 Å². The molecular formula is C20H21ClN4O4. The molecule has 0 spiro atoms. The van der Waals surface area contributed by atoms with E-state index in [9.17, 15) is 9.90 Å². The third-order valence-corrected chi connectivity index (χ3v) is 4.89. The zero-order valence-corrected chi connectivity index (χ0v) is 17.0. The van der Waals surface area contributed by atoms with Crippen molar-refractivity contribution in [2.45, 2.75) is 39.1 Å². The minimum Gasteiger partial charge on any atom is -0.367 e. The van der Waals surface area contributed by atoms with Crippen LogP contribution >= 0.6 is 11.6 Å². The average molecular weight is 417 g/mol. The van der Waals surface area contributed by atoms with Gasteiger partial charge in [0, 0.05) is 18.0 Å². The van der Waals surface area contributed by atoms with E-state index in [1.54, 1.807) is 45.0 Å². The van der Waals surface area contributed by atoms with Gasteiger partial charge in [0.15, 0.2) is 6.29 Å². The number of aliphatic hydroxyl groups excluding tert-OH is 1. The fraction of sp³-hybridized carbons (Fsp3) is 0.300. The Kier molecular flexibility index (Phi) is 5.97. The molecule has 0 saturated carbocycles. The van der Waals surface area contributed by atoms with Gasteiger partial charge >= 0.3 is 0 Å². The monoisotopic (exact) mass is 416 g/mol. The van der Waals surface area contributed by atoms with Crippen molar-refractivity contribution in [3.63, 3.8) is 0 Å². The Hall–Kier alpha value is -2.81. The van der Waals surface area contributed by atoms with Gasteiger partial charge in [-0.3, -0.25) is 14.8 Å². The maximum absolute atomic E-state index is 11.2. The van der Waals surface area contributed by atoms with E-state index in [1.165, 1.54) is 12.4 Å². The second-order valence-corrected chi connectivity index (χ2v) is 7.55. The molecule has 0 radical (unpaired) electrons. The molecule has 0 aromatic carbocycles. The van der Waals surface area contributed by atoms with Crippen molar-refractivity contribution >= 4 is 17.5 Å². The molecule has 0 saturated heterocycles. The van der Waals surface area contributed by atoms with Crippen LogP contribution in [0.4, 0.5) is 0 Å². The number of hydrogen-bond donors (Lipinski definition) is 2. The highest BCUT2D eigenvalue weighted by Crippen LogP contribution is 2.30. The Balaban J connectivity index is 1.76. The minimum atomic E-state index is -1.19. The first kappa shape index (κ1) is 20.9. The third-order valence-electron chi connectivity index (χ3n) is 4.67. The summed E-state index contributed by atoms with van der Waals surface area (Å²) in [6.45, 7) is 5.38. The molecule has 3 aromatic heterocycles. The molecule has 3 N–H and O–H groups in total. The molecular weight excluding hydrogens is 396 g/mol. The Morgan fingerprint density at radius 3 is 2.62 bits per heavy atom. The summed E-state index contributed by atoms with van der Waals surface area (Å²) in [7, 11) is 0. The van der Waals surface area contributed by atoms with Gasteiger partial charge in [-0.25, -0.2) is 0 Å². The second-order valence-electron chi connectivity index (χ2n) is 7.11. The van der Waals surface area contributed by atoms with E-state index in [0.29, 0.717) is 39.0 Å². The molecule has 1 unspecified atom stereocenters. The fourth-order valence-electron chi connectivity index (χ4n) is 2.70. The number of ether oxygens (including phenoxy) is 1. The van der Waals surface area contributed by atoms with Gasteiger partial charge in [-0.2, -0.15) is 0 Å². The minimum absolute atomic E-state index is 0.0545. The summed E-state index contributed by atoms with van der Waals surface area (Å²) in [4.78, 5) is 19.7. The third kappa shape index (κ3) is 4.45. The standard InChI is InChI=1S/C20H21ClN4O4/c1-11-14(17(25-29-11)15-6-5-13(21)9-23-15)10-28-19(27)20(2,3)16-7-4-12(8-24-16)18(22)26/h4-9,19,27H,10H2,1-3H3,(H2,22,26). The van der Waals surface area contributed by atoms with Crippen molar-refractivity contribution in [3.8, 4) is 11.4 Å². The molecule has 0 bridgehead atoms. The molecule has 8 nitrogen and oxygen atoms in total. The largest absolute Gasteiger partial charge is 0.367 e. The lowest BCUT2D eigenvalue weighted by Crippen LogP contribution is -2.36. The zero-order valence-electron chi connectivity index (χ0n) is 16.2. The quantitative estimate of drug-likeness (QED) is 0.567. The number of nitrogens with two attached hydrogens (primary N) is 1. The Labute approximate surface area is 172 Å². The number of aromatic nitrogens is 3. The Morgan fingerprint density at radius 1 is 1.28 bits per heavy atom. The van der Waals surface area contributed by atoms with Crippen LogP contribution in [0, 0.1) is 6.92 Å². The number of nitrogens with zero attached hydrogens (tertiary/aromatic N) is 3. The molecule has 1 atom stereocenters. The molecule has 9 heteroatoms. The predicted molar refractivity (Wildman–Crippen MR) is 106 cm³/mol. The van der Waals surface area contributed by atoms with Crippen LogP contribution in [0.2, 0.25) is 5.02 Å². The van der Waals surface area contributed by atoms with Gasteiger partial charge in [0.25, 0.3) is 0 Å². The number of hydrogen-bond acceptors (Lipinski definition) is 7. The number of carbonyl (C=O) groups is 1. The van der Waals surface area contributed by atoms with E-state index >= 15 is 0 Å². The number of pyridine rings is 2. The number of primary amides is 1. The number of halogens is 1. The number of carbonyl (C=O) groups excluding carboxylic acids is 1. The van der Waals surface area contributed by atoms with Gasteiger partial charge < -0.3 is 20.1 Å². The maximum Gasteiger partial charge on any atom is 0.250 e. The van der Waals surface area contributed by atoms with Crippen LogP contribution in [0.1, 0.15) is 41.2 Å². The van der Waals surface area contributed by atoms with Crippen LogP contribution in [0.5, 0.6) is 0 Å². The van der Waals surface area contributed by atoms with Crippen molar-refractivity contribution in [2.24, 2.45) is 5.73 Å². The van der Waals surface area contributed by atoms with Gasteiger partial charge in [-0.1, -0.05) is 16.8 Å². The van der Waals surface area contributed by atoms with Crippen LogP contribution in [-0.4, -0.2) is 32.4 Å². The first-order valence-corrected chi connectivity index (χ1v) is 9.21. The molecule has 0 fully saturated rings. The lowest BCUT2D eigenvalue weighted by Gasteiger charge is -2.29. The Bertz CT molecular complexity index is 1000. The first-order chi connectivity index (χ1) is 13.7. The number of aliphatic hydroxyl groups is 1. The van der Waals surface area contributed by atoms with E-state index in [-0.39, 0.29) is 6.61 Å². The second kappa shape index (κ2) is 8.28. The molecule has 3 aromatic rings. The molecule has 3 rings (SSSR count). The smallest absolute Gasteiger partial charge is 0.250 e. The van der Waals surface area contributed by atoms with Crippen molar-refractivity contribution in [1.82, 2.24) is 15.1 Å². The van der Waals surface area contributed by atoms with E-state index in [0.717, 1.165) is 0 Å². The maximum atomic E-state index is 11.2. The highest BCUT2D eigenvalue weighted by molar-refractivity contribution is 6.30. The van der Waals surface area contributed by atoms with Crippen molar-refractivity contribution in [3.05, 3.63) is 64.3 Å². The zero-order chi connectivity index (χ0) is 21.2. The average Bonchev–Trinajstić information content (AvgIpc) is 3.07. The number of rotatable bonds is 7. The van der Waals surface area contributed by atoms with Gasteiger partial charge in [0.2, 0.25) is 5.91 Å².